The van der Waals surface area contributed by atoms with Crippen LogP contribution in [-0.4, -0.2) is 14.7 Å². The normalized spacial score (nSPS) is 16.0. The van der Waals surface area contributed by atoms with Gasteiger partial charge in [0.05, 0.1) is 6.07 Å². The van der Waals surface area contributed by atoms with Gasteiger partial charge < -0.3 is 5.11 Å². The van der Waals surface area contributed by atoms with Crippen molar-refractivity contribution in [2.24, 2.45) is 5.92 Å². The smallest absolute Gasteiger partial charge is 0.331 e. The highest BCUT2D eigenvalue weighted by molar-refractivity contribution is 5.06. The summed E-state index contributed by atoms with van der Waals surface area (Å²) in [4.78, 5) is 24.0. The average Bonchev–Trinajstić information content (AvgIpc) is 2.79. The van der Waals surface area contributed by atoms with Crippen molar-refractivity contribution in [3.63, 3.8) is 0 Å². The van der Waals surface area contributed by atoms with Gasteiger partial charge in [-0.1, -0.05) is 0 Å². The Balaban J connectivity index is 2.42. The van der Waals surface area contributed by atoms with Crippen LogP contribution in [0.1, 0.15) is 12.8 Å². The standard InChI is InChI=1S/C8H10N2O3/c11-6-3-7(12)10(8(13)9-6)4-5-1-2-5/h3,5,12H,1-2,4H2,(H,9,11,13). The van der Waals surface area contributed by atoms with Crippen LogP contribution in [0.25, 0.3) is 0 Å². The lowest BCUT2D eigenvalue weighted by Gasteiger charge is -2.04. The van der Waals surface area contributed by atoms with E-state index in [1.54, 1.807) is 0 Å². The number of H-pyrrole nitrogens is 1. The Bertz CT molecular complexity index is 428. The number of aromatic hydroxyl groups is 1. The summed E-state index contributed by atoms with van der Waals surface area (Å²) in [5.74, 6) is 0.232. The van der Waals surface area contributed by atoms with Crippen LogP contribution >= 0.6 is 0 Å². The van der Waals surface area contributed by atoms with Gasteiger partial charge in [0, 0.05) is 6.54 Å². The topological polar surface area (TPSA) is 75.1 Å². The predicted octanol–water partition coefficient (Wildman–Crippen LogP) is -0.348. The van der Waals surface area contributed by atoms with Crippen LogP contribution in [0.3, 0.4) is 0 Å². The van der Waals surface area contributed by atoms with Crippen LogP contribution < -0.4 is 11.2 Å². The summed E-state index contributed by atoms with van der Waals surface area (Å²) in [6, 6.07) is 1.02. The molecule has 0 amide bonds. The summed E-state index contributed by atoms with van der Waals surface area (Å²) in [6.45, 7) is 0.501. The Kier molecular flexibility index (Phi) is 1.72. The molecule has 1 aromatic rings. The molecule has 1 aromatic heterocycles. The number of nitrogens with one attached hydrogen (secondary N) is 1. The number of rotatable bonds is 2. The molecule has 0 bridgehead atoms. The van der Waals surface area contributed by atoms with Crippen molar-refractivity contribution in [2.45, 2.75) is 19.4 Å². The van der Waals surface area contributed by atoms with Crippen LogP contribution in [0.15, 0.2) is 15.7 Å². The molecule has 70 valence electrons. The van der Waals surface area contributed by atoms with E-state index in [0.717, 1.165) is 18.9 Å². The number of aromatic nitrogens is 2. The van der Waals surface area contributed by atoms with Crippen molar-refractivity contribution >= 4 is 0 Å². The summed E-state index contributed by atoms with van der Waals surface area (Å²) in [5, 5.41) is 9.29. The Hall–Kier alpha value is -1.52. The minimum atomic E-state index is -0.561. The fourth-order valence-electron chi connectivity index (χ4n) is 1.24. The van der Waals surface area contributed by atoms with Gasteiger partial charge in [-0.25, -0.2) is 4.79 Å². The van der Waals surface area contributed by atoms with Gasteiger partial charge in [0.25, 0.3) is 5.56 Å². The van der Waals surface area contributed by atoms with E-state index in [-0.39, 0.29) is 5.88 Å². The van der Waals surface area contributed by atoms with E-state index in [4.69, 9.17) is 0 Å². The number of hydrogen-bond donors (Lipinski definition) is 2. The third-order valence-corrected chi connectivity index (χ3v) is 2.15. The number of aromatic amines is 1. The highest BCUT2D eigenvalue weighted by Crippen LogP contribution is 2.30. The van der Waals surface area contributed by atoms with E-state index in [9.17, 15) is 14.7 Å². The van der Waals surface area contributed by atoms with Gasteiger partial charge in [0.15, 0.2) is 0 Å². The van der Waals surface area contributed by atoms with Gasteiger partial charge in [-0.2, -0.15) is 0 Å². The van der Waals surface area contributed by atoms with Crippen LogP contribution in [0.2, 0.25) is 0 Å². The maximum atomic E-state index is 11.2. The molecule has 2 N–H and O–H groups in total. The zero-order valence-corrected chi connectivity index (χ0v) is 6.99. The summed E-state index contributed by atoms with van der Waals surface area (Å²) in [6.07, 6.45) is 2.18. The Morgan fingerprint density at radius 3 is 2.77 bits per heavy atom. The SMILES string of the molecule is O=c1cc(O)n(CC2CC2)c(=O)[nH]1. The summed E-state index contributed by atoms with van der Waals surface area (Å²) >= 11 is 0. The van der Waals surface area contributed by atoms with Crippen LogP contribution in [0, 0.1) is 5.92 Å². The van der Waals surface area contributed by atoms with Crippen molar-refractivity contribution in [1.82, 2.24) is 9.55 Å². The van der Waals surface area contributed by atoms with E-state index in [1.807, 2.05) is 0 Å². The molecule has 1 aliphatic carbocycles. The number of hydrogen-bond acceptors (Lipinski definition) is 3. The van der Waals surface area contributed by atoms with Gasteiger partial charge in [0.1, 0.15) is 0 Å². The first-order valence-electron chi connectivity index (χ1n) is 4.20. The van der Waals surface area contributed by atoms with Gasteiger partial charge >= 0.3 is 5.69 Å². The molecular weight excluding hydrogens is 172 g/mol. The second-order valence-electron chi connectivity index (χ2n) is 3.35. The first-order valence-corrected chi connectivity index (χ1v) is 4.20. The van der Waals surface area contributed by atoms with Crippen molar-refractivity contribution in [1.29, 1.82) is 0 Å². The molecule has 0 atom stereocenters. The molecule has 13 heavy (non-hydrogen) atoms. The van der Waals surface area contributed by atoms with E-state index >= 15 is 0 Å². The lowest BCUT2D eigenvalue weighted by atomic mass is 10.4. The minimum Gasteiger partial charge on any atom is -0.494 e. The molecule has 0 aliphatic heterocycles. The minimum absolute atomic E-state index is 0.249. The molecule has 5 nitrogen and oxygen atoms in total. The lowest BCUT2D eigenvalue weighted by Crippen LogP contribution is -2.29. The third kappa shape index (κ3) is 1.63. The van der Waals surface area contributed by atoms with Crippen LogP contribution in [-0.2, 0) is 6.54 Å². The molecule has 0 radical (unpaired) electrons. The van der Waals surface area contributed by atoms with Crippen LogP contribution in [0.5, 0.6) is 5.88 Å². The molecule has 1 heterocycles. The first-order chi connectivity index (χ1) is 6.16. The average molecular weight is 182 g/mol. The molecular formula is C8H10N2O3. The van der Waals surface area contributed by atoms with Gasteiger partial charge in [0.2, 0.25) is 5.88 Å². The first kappa shape index (κ1) is 8.10. The molecule has 0 saturated heterocycles. The van der Waals surface area contributed by atoms with E-state index < -0.39 is 11.2 Å². The highest BCUT2D eigenvalue weighted by atomic mass is 16.3. The van der Waals surface area contributed by atoms with Gasteiger partial charge in [-0.3, -0.25) is 14.3 Å². The van der Waals surface area contributed by atoms with E-state index in [0.29, 0.717) is 12.5 Å². The molecule has 2 rings (SSSR count). The fourth-order valence-corrected chi connectivity index (χ4v) is 1.24. The predicted molar refractivity (Wildman–Crippen MR) is 45.7 cm³/mol. The van der Waals surface area contributed by atoms with Crippen molar-refractivity contribution < 1.29 is 5.11 Å². The zero-order chi connectivity index (χ0) is 9.42. The number of nitrogens with zero attached hydrogens (tertiary/aromatic N) is 1. The van der Waals surface area contributed by atoms with Gasteiger partial charge in [-0.15, -0.1) is 0 Å². The lowest BCUT2D eigenvalue weighted by molar-refractivity contribution is 0.392. The fraction of sp³-hybridized carbons (Fsp3) is 0.500. The highest BCUT2D eigenvalue weighted by Gasteiger charge is 2.23. The maximum Gasteiger partial charge on any atom is 0.331 e. The van der Waals surface area contributed by atoms with Crippen molar-refractivity contribution in [3.05, 3.63) is 26.9 Å². The monoisotopic (exact) mass is 182 g/mol. The Labute approximate surface area is 73.7 Å². The molecule has 5 heteroatoms. The van der Waals surface area contributed by atoms with E-state index in [2.05, 4.69) is 4.98 Å². The van der Waals surface area contributed by atoms with E-state index in [1.165, 1.54) is 4.57 Å². The summed E-state index contributed by atoms with van der Waals surface area (Å²) < 4.78 is 1.19. The second-order valence-corrected chi connectivity index (χ2v) is 3.35. The Morgan fingerprint density at radius 1 is 1.54 bits per heavy atom. The molecule has 1 fully saturated rings. The maximum absolute atomic E-state index is 11.2. The second kappa shape index (κ2) is 2.76. The van der Waals surface area contributed by atoms with Crippen molar-refractivity contribution in [2.75, 3.05) is 0 Å². The largest absolute Gasteiger partial charge is 0.494 e. The summed E-state index contributed by atoms with van der Waals surface area (Å²) in [5.41, 5.74) is -1.09. The van der Waals surface area contributed by atoms with Gasteiger partial charge in [-0.05, 0) is 18.8 Å². The molecule has 0 unspecified atom stereocenters. The third-order valence-electron chi connectivity index (χ3n) is 2.15. The zero-order valence-electron chi connectivity index (χ0n) is 6.99. The molecule has 0 spiro atoms. The molecule has 0 aromatic carbocycles. The summed E-state index contributed by atoms with van der Waals surface area (Å²) in [7, 11) is 0. The Morgan fingerprint density at radius 2 is 2.23 bits per heavy atom. The quantitative estimate of drug-likeness (QED) is 0.656. The molecule has 1 aliphatic rings. The van der Waals surface area contributed by atoms with Crippen molar-refractivity contribution in [3.8, 4) is 5.88 Å². The van der Waals surface area contributed by atoms with Crippen LogP contribution in [0.4, 0.5) is 0 Å². The molecule has 1 saturated carbocycles.